The highest BCUT2D eigenvalue weighted by molar-refractivity contribution is 5.78. The first kappa shape index (κ1) is 21.8. The lowest BCUT2D eigenvalue weighted by Crippen LogP contribution is -2.33. The second-order valence-electron chi connectivity index (χ2n) is 7.68. The van der Waals surface area contributed by atoms with Gasteiger partial charge in [-0.15, -0.1) is 0 Å². The number of amides is 1. The molecule has 0 bridgehead atoms. The van der Waals surface area contributed by atoms with E-state index in [4.69, 9.17) is 0 Å². The van der Waals surface area contributed by atoms with E-state index < -0.39 is 0 Å². The Labute approximate surface area is 180 Å². The van der Waals surface area contributed by atoms with Crippen LogP contribution in [0.1, 0.15) is 23.1 Å². The largest absolute Gasteiger partial charge is 0.356 e. The Bertz CT molecular complexity index is 806. The van der Waals surface area contributed by atoms with Crippen molar-refractivity contribution in [2.45, 2.75) is 25.7 Å². The van der Waals surface area contributed by atoms with E-state index in [1.807, 2.05) is 30.3 Å². The van der Waals surface area contributed by atoms with Crippen LogP contribution < -0.4 is 5.32 Å². The Kier molecular flexibility index (Phi) is 9.16. The topological polar surface area (TPSA) is 32.3 Å². The molecule has 3 aromatic rings. The zero-order valence-corrected chi connectivity index (χ0v) is 17.7. The first-order valence-electron chi connectivity index (χ1n) is 10.9. The molecule has 0 aliphatic heterocycles. The lowest BCUT2D eigenvalue weighted by molar-refractivity contribution is -0.120. The van der Waals surface area contributed by atoms with Gasteiger partial charge in [0.2, 0.25) is 5.91 Å². The average Bonchev–Trinajstić information content (AvgIpc) is 2.80. The van der Waals surface area contributed by atoms with E-state index in [0.29, 0.717) is 6.42 Å². The Hall–Kier alpha value is -2.91. The first-order valence-corrected chi connectivity index (χ1v) is 10.9. The molecule has 156 valence electrons. The molecule has 1 amide bonds. The SMILES string of the molecule is O=C(Cc1ccccc1)NCCCN(CCc1ccccc1)CCc1ccccc1. The smallest absolute Gasteiger partial charge is 0.224 e. The third-order valence-electron chi connectivity index (χ3n) is 5.30. The van der Waals surface area contributed by atoms with Crippen LogP contribution in [0.25, 0.3) is 0 Å². The molecular formula is C27H32N2O. The van der Waals surface area contributed by atoms with Crippen LogP contribution in [0.2, 0.25) is 0 Å². The van der Waals surface area contributed by atoms with Crippen LogP contribution in [0.4, 0.5) is 0 Å². The molecule has 0 saturated carbocycles. The lowest BCUT2D eigenvalue weighted by Gasteiger charge is -2.22. The minimum Gasteiger partial charge on any atom is -0.356 e. The van der Waals surface area contributed by atoms with E-state index in [1.54, 1.807) is 0 Å². The molecule has 3 aromatic carbocycles. The van der Waals surface area contributed by atoms with Gasteiger partial charge in [-0.3, -0.25) is 4.79 Å². The summed E-state index contributed by atoms with van der Waals surface area (Å²) in [5.74, 6) is 0.0984. The monoisotopic (exact) mass is 400 g/mol. The number of carbonyl (C=O) groups excluding carboxylic acids is 1. The molecule has 0 fully saturated rings. The maximum absolute atomic E-state index is 12.2. The van der Waals surface area contributed by atoms with Crippen molar-refractivity contribution in [2.24, 2.45) is 0 Å². The number of nitrogens with zero attached hydrogens (tertiary/aromatic N) is 1. The average molecular weight is 401 g/mol. The summed E-state index contributed by atoms with van der Waals surface area (Å²) in [6.07, 6.45) is 3.52. The summed E-state index contributed by atoms with van der Waals surface area (Å²) in [6, 6.07) is 31.2. The van der Waals surface area contributed by atoms with E-state index in [2.05, 4.69) is 70.9 Å². The molecule has 0 aliphatic carbocycles. The Morgan fingerprint density at radius 1 is 0.633 bits per heavy atom. The molecule has 0 heterocycles. The molecule has 0 aliphatic rings. The standard InChI is InChI=1S/C27H32N2O/c30-27(23-26-15-8-3-9-16-26)28-19-10-20-29(21-17-24-11-4-1-5-12-24)22-18-25-13-6-2-7-14-25/h1-9,11-16H,10,17-23H2,(H,28,30). The number of nitrogens with one attached hydrogen (secondary N) is 1. The van der Waals surface area contributed by atoms with Gasteiger partial charge in [-0.05, 0) is 42.5 Å². The molecule has 0 unspecified atom stereocenters. The highest BCUT2D eigenvalue weighted by Gasteiger charge is 2.07. The van der Waals surface area contributed by atoms with Gasteiger partial charge in [0, 0.05) is 19.6 Å². The van der Waals surface area contributed by atoms with Crippen LogP contribution >= 0.6 is 0 Å². The predicted molar refractivity (Wildman–Crippen MR) is 125 cm³/mol. The van der Waals surface area contributed by atoms with E-state index in [0.717, 1.165) is 51.0 Å². The van der Waals surface area contributed by atoms with Gasteiger partial charge in [-0.2, -0.15) is 0 Å². The number of rotatable bonds is 12. The lowest BCUT2D eigenvalue weighted by atomic mass is 10.1. The fourth-order valence-corrected chi connectivity index (χ4v) is 3.57. The summed E-state index contributed by atoms with van der Waals surface area (Å²) < 4.78 is 0. The minimum atomic E-state index is 0.0984. The van der Waals surface area contributed by atoms with Gasteiger partial charge in [-0.25, -0.2) is 0 Å². The van der Waals surface area contributed by atoms with Crippen molar-refractivity contribution in [3.05, 3.63) is 108 Å². The van der Waals surface area contributed by atoms with Crippen molar-refractivity contribution >= 4 is 5.91 Å². The zero-order valence-electron chi connectivity index (χ0n) is 17.7. The van der Waals surface area contributed by atoms with E-state index in [9.17, 15) is 4.79 Å². The van der Waals surface area contributed by atoms with Gasteiger partial charge in [0.1, 0.15) is 0 Å². The van der Waals surface area contributed by atoms with Crippen molar-refractivity contribution in [3.63, 3.8) is 0 Å². The second-order valence-corrected chi connectivity index (χ2v) is 7.68. The predicted octanol–water partition coefficient (Wildman–Crippen LogP) is 4.52. The minimum absolute atomic E-state index is 0.0984. The molecule has 0 atom stereocenters. The molecule has 0 radical (unpaired) electrons. The van der Waals surface area contributed by atoms with E-state index in [-0.39, 0.29) is 5.91 Å². The van der Waals surface area contributed by atoms with Crippen molar-refractivity contribution in [3.8, 4) is 0 Å². The number of hydrogen-bond donors (Lipinski definition) is 1. The molecule has 30 heavy (non-hydrogen) atoms. The normalized spacial score (nSPS) is 10.8. The molecule has 0 aromatic heterocycles. The summed E-state index contributed by atoms with van der Waals surface area (Å²) in [7, 11) is 0. The Morgan fingerprint density at radius 2 is 1.10 bits per heavy atom. The van der Waals surface area contributed by atoms with Crippen LogP contribution in [0.3, 0.4) is 0 Å². The maximum Gasteiger partial charge on any atom is 0.224 e. The molecule has 1 N–H and O–H groups in total. The number of hydrogen-bond acceptors (Lipinski definition) is 2. The highest BCUT2D eigenvalue weighted by Crippen LogP contribution is 2.06. The van der Waals surface area contributed by atoms with Crippen LogP contribution in [0, 0.1) is 0 Å². The van der Waals surface area contributed by atoms with Crippen molar-refractivity contribution in [2.75, 3.05) is 26.2 Å². The maximum atomic E-state index is 12.2. The van der Waals surface area contributed by atoms with Crippen LogP contribution in [-0.4, -0.2) is 37.0 Å². The fraction of sp³-hybridized carbons (Fsp3) is 0.296. The van der Waals surface area contributed by atoms with Gasteiger partial charge in [-0.1, -0.05) is 91.0 Å². The van der Waals surface area contributed by atoms with Gasteiger partial charge in [0.25, 0.3) is 0 Å². The molecule has 3 nitrogen and oxygen atoms in total. The van der Waals surface area contributed by atoms with Crippen LogP contribution in [-0.2, 0) is 24.1 Å². The quantitative estimate of drug-likeness (QED) is 0.453. The first-order chi connectivity index (χ1) is 14.8. The van der Waals surface area contributed by atoms with Crippen LogP contribution in [0.15, 0.2) is 91.0 Å². The van der Waals surface area contributed by atoms with Crippen molar-refractivity contribution in [1.82, 2.24) is 10.2 Å². The summed E-state index contributed by atoms with van der Waals surface area (Å²) >= 11 is 0. The summed E-state index contributed by atoms with van der Waals surface area (Å²) in [6.45, 7) is 3.79. The molecule has 0 spiro atoms. The number of benzene rings is 3. The van der Waals surface area contributed by atoms with Crippen molar-refractivity contribution < 1.29 is 4.79 Å². The molecule has 3 heteroatoms. The molecule has 0 saturated heterocycles. The van der Waals surface area contributed by atoms with Gasteiger partial charge in [0.05, 0.1) is 6.42 Å². The van der Waals surface area contributed by atoms with Gasteiger partial charge in [0.15, 0.2) is 0 Å². The Morgan fingerprint density at radius 3 is 1.60 bits per heavy atom. The van der Waals surface area contributed by atoms with E-state index >= 15 is 0 Å². The Balaban J connectivity index is 1.43. The number of carbonyl (C=O) groups is 1. The second kappa shape index (κ2) is 12.6. The zero-order chi connectivity index (χ0) is 20.9. The summed E-state index contributed by atoms with van der Waals surface area (Å²) in [5.41, 5.74) is 3.80. The summed E-state index contributed by atoms with van der Waals surface area (Å²) in [5, 5.41) is 3.07. The van der Waals surface area contributed by atoms with Gasteiger partial charge < -0.3 is 10.2 Å². The van der Waals surface area contributed by atoms with Crippen molar-refractivity contribution in [1.29, 1.82) is 0 Å². The fourth-order valence-electron chi connectivity index (χ4n) is 3.57. The van der Waals surface area contributed by atoms with Gasteiger partial charge >= 0.3 is 0 Å². The van der Waals surface area contributed by atoms with Crippen LogP contribution in [0.5, 0.6) is 0 Å². The molecule has 3 rings (SSSR count). The third kappa shape index (κ3) is 8.22. The third-order valence-corrected chi connectivity index (χ3v) is 5.30. The van der Waals surface area contributed by atoms with E-state index in [1.165, 1.54) is 11.1 Å². The highest BCUT2D eigenvalue weighted by atomic mass is 16.1. The molecular weight excluding hydrogens is 368 g/mol. The summed E-state index contributed by atoms with van der Waals surface area (Å²) in [4.78, 5) is 14.7.